The molecular formula is C18H14ClF3N4O4S. The first-order chi connectivity index (χ1) is 14.5. The molecule has 1 N–H and O–H groups in total. The van der Waals surface area contributed by atoms with Crippen molar-refractivity contribution in [1.82, 2.24) is 13.9 Å². The second kappa shape index (κ2) is 7.31. The average Bonchev–Trinajstić information content (AvgIpc) is 3.26. The number of alkyl halides is 3. The summed E-state index contributed by atoms with van der Waals surface area (Å²) in [5, 5.41) is -0.212. The van der Waals surface area contributed by atoms with Gasteiger partial charge < -0.3 is 0 Å². The van der Waals surface area contributed by atoms with E-state index in [4.69, 9.17) is 11.6 Å². The van der Waals surface area contributed by atoms with Gasteiger partial charge in [0.2, 0.25) is 0 Å². The van der Waals surface area contributed by atoms with Gasteiger partial charge in [0.05, 0.1) is 26.9 Å². The lowest BCUT2D eigenvalue weighted by atomic mass is 10.2. The summed E-state index contributed by atoms with van der Waals surface area (Å²) in [5.74, 6) is 0. The Kier molecular flexibility index (Phi) is 5.01. The van der Waals surface area contributed by atoms with Gasteiger partial charge in [-0.2, -0.15) is 13.2 Å². The summed E-state index contributed by atoms with van der Waals surface area (Å²) in [6.07, 6.45) is -4.00. The summed E-state index contributed by atoms with van der Waals surface area (Å²) in [5.41, 5.74) is -2.40. The molecule has 2 aromatic carbocycles. The van der Waals surface area contributed by atoms with E-state index < -0.39 is 38.8 Å². The minimum atomic E-state index is -4.68. The van der Waals surface area contributed by atoms with Crippen LogP contribution in [0.15, 0.2) is 56.9 Å². The summed E-state index contributed by atoms with van der Waals surface area (Å²) >= 11 is 5.84. The molecule has 1 aromatic heterocycles. The number of hydrogen-bond donors (Lipinski definition) is 1. The molecule has 0 fully saturated rings. The van der Waals surface area contributed by atoms with Crippen LogP contribution < -0.4 is 16.1 Å². The van der Waals surface area contributed by atoms with Crippen LogP contribution >= 0.6 is 11.6 Å². The van der Waals surface area contributed by atoms with Crippen LogP contribution in [-0.2, 0) is 29.3 Å². The zero-order chi connectivity index (χ0) is 22.6. The summed E-state index contributed by atoms with van der Waals surface area (Å²) in [4.78, 5) is 24.6. The third-order valence-electron chi connectivity index (χ3n) is 4.80. The fourth-order valence-corrected chi connectivity index (χ4v) is 4.59. The molecule has 4 rings (SSSR count). The van der Waals surface area contributed by atoms with E-state index in [9.17, 15) is 31.2 Å². The maximum absolute atomic E-state index is 12.9. The van der Waals surface area contributed by atoms with E-state index in [2.05, 4.69) is 0 Å². The van der Waals surface area contributed by atoms with Gasteiger partial charge in [-0.15, -0.1) is 0 Å². The smallest absolute Gasteiger partial charge is 0.278 e. The van der Waals surface area contributed by atoms with Crippen molar-refractivity contribution in [2.45, 2.75) is 30.6 Å². The molecule has 8 nitrogen and oxygen atoms in total. The molecular weight excluding hydrogens is 461 g/mol. The standard InChI is InChI=1S/C18H14ClF3N4O4S/c19-14-7-2-11(18(20,21)22)10-15(14)23-31(29,30)13-5-3-12(4-6-13)26-16(27)24-8-1-9-25(24)17(26)28/h2-7,10,23H,1,8-9H2. The SMILES string of the molecule is O=c1n(-c2ccc(S(=O)(=O)Nc3cc(C(F)(F)F)ccc3Cl)cc2)c(=O)n2n1CCC2. The predicted molar refractivity (Wildman–Crippen MR) is 106 cm³/mol. The quantitative estimate of drug-likeness (QED) is 0.629. The number of nitrogens with one attached hydrogen (secondary N) is 1. The first kappa shape index (κ1) is 21.2. The number of aromatic nitrogens is 3. The Hall–Kier alpha value is -2.99. The second-order valence-electron chi connectivity index (χ2n) is 6.79. The van der Waals surface area contributed by atoms with Crippen LogP contribution in [0.25, 0.3) is 5.69 Å². The number of benzene rings is 2. The van der Waals surface area contributed by atoms with Crippen LogP contribution in [0.3, 0.4) is 0 Å². The van der Waals surface area contributed by atoms with Gasteiger partial charge in [0.1, 0.15) is 0 Å². The van der Waals surface area contributed by atoms with Gasteiger partial charge in [-0.1, -0.05) is 11.6 Å². The fourth-order valence-electron chi connectivity index (χ4n) is 3.30. The van der Waals surface area contributed by atoms with E-state index in [-0.39, 0.29) is 15.6 Å². The van der Waals surface area contributed by atoms with Gasteiger partial charge >= 0.3 is 17.6 Å². The molecule has 0 atom stereocenters. The number of rotatable bonds is 4. The van der Waals surface area contributed by atoms with Crippen molar-refractivity contribution in [3.05, 3.63) is 74.0 Å². The topological polar surface area (TPSA) is 95.1 Å². The zero-order valence-electron chi connectivity index (χ0n) is 15.6. The number of anilines is 1. The summed E-state index contributed by atoms with van der Waals surface area (Å²) in [6.45, 7) is 0.824. The monoisotopic (exact) mass is 474 g/mol. The molecule has 0 aliphatic carbocycles. The van der Waals surface area contributed by atoms with Gasteiger partial charge in [0, 0.05) is 13.1 Å². The fraction of sp³-hybridized carbons (Fsp3) is 0.222. The lowest BCUT2D eigenvalue weighted by Crippen LogP contribution is -2.28. The Bertz CT molecular complexity index is 1350. The predicted octanol–water partition coefficient (Wildman–Crippen LogP) is 2.68. The Morgan fingerprint density at radius 1 is 0.935 bits per heavy atom. The van der Waals surface area contributed by atoms with Gasteiger partial charge in [-0.25, -0.2) is 31.9 Å². The van der Waals surface area contributed by atoms with Crippen LogP contribution in [0.4, 0.5) is 18.9 Å². The third kappa shape index (κ3) is 3.76. The van der Waals surface area contributed by atoms with Crippen molar-refractivity contribution < 1.29 is 21.6 Å². The van der Waals surface area contributed by atoms with E-state index in [1.165, 1.54) is 21.5 Å². The van der Waals surface area contributed by atoms with Gasteiger partial charge in [-0.3, -0.25) is 4.72 Å². The average molecular weight is 475 g/mol. The third-order valence-corrected chi connectivity index (χ3v) is 6.51. The molecule has 0 radical (unpaired) electrons. The summed E-state index contributed by atoms with van der Waals surface area (Å²) < 4.78 is 69.5. The number of halogens is 4. The van der Waals surface area contributed by atoms with Crippen LogP contribution in [0.2, 0.25) is 5.02 Å². The van der Waals surface area contributed by atoms with Gasteiger partial charge in [0.25, 0.3) is 10.0 Å². The van der Waals surface area contributed by atoms with Crippen LogP contribution in [0.5, 0.6) is 0 Å². The maximum Gasteiger partial charge on any atom is 0.416 e. The molecule has 0 saturated heterocycles. The van der Waals surface area contributed by atoms with Gasteiger partial charge in [-0.05, 0) is 48.9 Å². The summed E-state index contributed by atoms with van der Waals surface area (Å²) in [7, 11) is -4.29. The van der Waals surface area contributed by atoms with E-state index >= 15 is 0 Å². The highest BCUT2D eigenvalue weighted by Crippen LogP contribution is 2.34. The Morgan fingerprint density at radius 2 is 1.52 bits per heavy atom. The molecule has 0 saturated carbocycles. The zero-order valence-corrected chi connectivity index (χ0v) is 17.1. The largest absolute Gasteiger partial charge is 0.416 e. The second-order valence-corrected chi connectivity index (χ2v) is 8.88. The maximum atomic E-state index is 12.9. The van der Waals surface area contributed by atoms with Crippen molar-refractivity contribution in [2.24, 2.45) is 0 Å². The number of hydrogen-bond acceptors (Lipinski definition) is 4. The molecule has 1 aliphatic rings. The molecule has 0 bridgehead atoms. The van der Waals surface area contributed by atoms with Crippen molar-refractivity contribution in [2.75, 3.05) is 4.72 Å². The van der Waals surface area contributed by atoms with Crippen LogP contribution in [0.1, 0.15) is 12.0 Å². The molecule has 0 spiro atoms. The van der Waals surface area contributed by atoms with E-state index in [1.807, 2.05) is 4.72 Å². The molecule has 3 aromatic rings. The normalized spacial score (nSPS) is 13.9. The number of sulfonamides is 1. The number of nitrogens with zero attached hydrogens (tertiary/aromatic N) is 3. The van der Waals surface area contributed by atoms with Crippen molar-refractivity contribution in [3.63, 3.8) is 0 Å². The van der Waals surface area contributed by atoms with E-state index in [0.29, 0.717) is 25.6 Å². The molecule has 31 heavy (non-hydrogen) atoms. The van der Waals surface area contributed by atoms with Crippen molar-refractivity contribution in [3.8, 4) is 5.69 Å². The minimum absolute atomic E-state index is 0.167. The Morgan fingerprint density at radius 3 is 2.06 bits per heavy atom. The van der Waals surface area contributed by atoms with Crippen molar-refractivity contribution in [1.29, 1.82) is 0 Å². The highest BCUT2D eigenvalue weighted by molar-refractivity contribution is 7.92. The Labute approximate surface area is 178 Å². The molecule has 0 unspecified atom stereocenters. The molecule has 0 amide bonds. The first-order valence-electron chi connectivity index (χ1n) is 8.92. The minimum Gasteiger partial charge on any atom is -0.278 e. The molecule has 1 aliphatic heterocycles. The summed E-state index contributed by atoms with van der Waals surface area (Å²) in [6, 6.07) is 7.08. The highest BCUT2D eigenvalue weighted by Gasteiger charge is 2.31. The molecule has 13 heteroatoms. The highest BCUT2D eigenvalue weighted by atomic mass is 35.5. The Balaban J connectivity index is 1.66. The lowest BCUT2D eigenvalue weighted by Gasteiger charge is -2.13. The van der Waals surface area contributed by atoms with E-state index in [0.717, 1.165) is 28.8 Å². The lowest BCUT2D eigenvalue weighted by molar-refractivity contribution is -0.137. The van der Waals surface area contributed by atoms with E-state index in [1.54, 1.807) is 0 Å². The first-order valence-corrected chi connectivity index (χ1v) is 10.8. The number of fused-ring (bicyclic) bond motifs is 1. The molecule has 2 heterocycles. The van der Waals surface area contributed by atoms with Crippen LogP contribution in [-0.4, -0.2) is 22.3 Å². The molecule has 164 valence electrons. The van der Waals surface area contributed by atoms with Crippen LogP contribution in [0, 0.1) is 0 Å². The van der Waals surface area contributed by atoms with Gasteiger partial charge in [0.15, 0.2) is 0 Å². The van der Waals surface area contributed by atoms with Crippen molar-refractivity contribution >= 4 is 27.3 Å².